The minimum atomic E-state index is 0.807. The third kappa shape index (κ3) is 2.55. The molecule has 2 aromatic rings. The lowest BCUT2D eigenvalue weighted by atomic mass is 9.76. The van der Waals surface area contributed by atoms with Crippen molar-refractivity contribution in [2.75, 3.05) is 31.1 Å². The molecule has 0 N–H and O–H groups in total. The largest absolute Gasteiger partial charge is 0.347 e. The summed E-state index contributed by atoms with van der Waals surface area (Å²) in [5, 5.41) is 2.00. The maximum absolute atomic E-state index is 6.13. The standard InChI is InChI=1S/C18H22ClN3S/c19-14-4-5-15-17(8-14)23-18(20-15)22-10-12-7-13(11-22)16-3-1-2-6-21(16)9-12/h4-5,8,12-13,16H,1-3,6-7,9-11H2/t12-,13-,16+/m1/s1. The molecule has 0 spiro atoms. The van der Waals surface area contributed by atoms with Crippen molar-refractivity contribution in [2.24, 2.45) is 11.8 Å². The molecule has 3 aliphatic heterocycles. The first-order chi connectivity index (χ1) is 11.3. The SMILES string of the molecule is Clc1ccc2nc(N3C[C@@H]4C[C@H](C3)[C@@H]3CCCCN3C4)sc2c1. The lowest BCUT2D eigenvalue weighted by Gasteiger charge is -2.52. The van der Waals surface area contributed by atoms with Gasteiger partial charge in [0, 0.05) is 30.7 Å². The van der Waals surface area contributed by atoms with E-state index in [9.17, 15) is 0 Å². The normalized spacial score (nSPS) is 31.3. The van der Waals surface area contributed by atoms with Gasteiger partial charge in [-0.05, 0) is 55.8 Å². The number of hydrogen-bond acceptors (Lipinski definition) is 4. The van der Waals surface area contributed by atoms with Crippen molar-refractivity contribution in [3.8, 4) is 0 Å². The Labute approximate surface area is 146 Å². The molecule has 3 atom stereocenters. The molecule has 4 heterocycles. The monoisotopic (exact) mass is 347 g/mol. The van der Waals surface area contributed by atoms with E-state index in [1.807, 2.05) is 18.2 Å². The van der Waals surface area contributed by atoms with Crippen LogP contribution < -0.4 is 4.90 Å². The number of anilines is 1. The van der Waals surface area contributed by atoms with E-state index in [-0.39, 0.29) is 0 Å². The van der Waals surface area contributed by atoms with E-state index < -0.39 is 0 Å². The van der Waals surface area contributed by atoms with Crippen molar-refractivity contribution in [1.82, 2.24) is 9.88 Å². The second-order valence-corrected chi connectivity index (χ2v) is 8.88. The molecule has 1 aromatic carbocycles. The Morgan fingerprint density at radius 1 is 1.17 bits per heavy atom. The number of benzene rings is 1. The Hall–Kier alpha value is -0.840. The predicted octanol–water partition coefficient (Wildman–Crippen LogP) is 4.26. The van der Waals surface area contributed by atoms with Gasteiger partial charge >= 0.3 is 0 Å². The Morgan fingerprint density at radius 3 is 3.09 bits per heavy atom. The molecule has 122 valence electrons. The summed E-state index contributed by atoms with van der Waals surface area (Å²) in [7, 11) is 0. The van der Waals surface area contributed by atoms with Gasteiger partial charge in [0.1, 0.15) is 0 Å². The zero-order valence-electron chi connectivity index (χ0n) is 13.2. The molecule has 3 fully saturated rings. The molecule has 0 amide bonds. The van der Waals surface area contributed by atoms with Gasteiger partial charge in [0.25, 0.3) is 0 Å². The van der Waals surface area contributed by atoms with Crippen molar-refractivity contribution in [2.45, 2.75) is 31.7 Å². The van der Waals surface area contributed by atoms with Crippen LogP contribution in [-0.2, 0) is 0 Å². The van der Waals surface area contributed by atoms with Crippen LogP contribution in [0.2, 0.25) is 5.02 Å². The number of fused-ring (bicyclic) bond motifs is 5. The molecule has 0 aliphatic carbocycles. The summed E-state index contributed by atoms with van der Waals surface area (Å²) in [5.41, 5.74) is 1.09. The number of halogens is 1. The number of aromatic nitrogens is 1. The fourth-order valence-corrected chi connectivity index (χ4v) is 6.20. The average molecular weight is 348 g/mol. The smallest absolute Gasteiger partial charge is 0.186 e. The van der Waals surface area contributed by atoms with Crippen molar-refractivity contribution in [3.63, 3.8) is 0 Å². The third-order valence-electron chi connectivity index (χ3n) is 5.88. The summed E-state index contributed by atoms with van der Waals surface area (Å²) in [6.45, 7) is 4.99. The van der Waals surface area contributed by atoms with Crippen molar-refractivity contribution in [1.29, 1.82) is 0 Å². The van der Waals surface area contributed by atoms with Gasteiger partial charge in [0.15, 0.2) is 5.13 Å². The number of rotatable bonds is 1. The van der Waals surface area contributed by atoms with Gasteiger partial charge in [0.05, 0.1) is 10.2 Å². The summed E-state index contributed by atoms with van der Waals surface area (Å²) >= 11 is 7.93. The quantitative estimate of drug-likeness (QED) is 0.768. The second-order valence-electron chi connectivity index (χ2n) is 7.43. The van der Waals surface area contributed by atoms with Crippen molar-refractivity contribution < 1.29 is 0 Å². The van der Waals surface area contributed by atoms with E-state index in [4.69, 9.17) is 16.6 Å². The maximum Gasteiger partial charge on any atom is 0.186 e. The van der Waals surface area contributed by atoms with Gasteiger partial charge in [-0.1, -0.05) is 29.4 Å². The number of thiazole rings is 1. The molecule has 0 radical (unpaired) electrons. The summed E-state index contributed by atoms with van der Waals surface area (Å²) in [5.74, 6) is 1.65. The van der Waals surface area contributed by atoms with Crippen LogP contribution >= 0.6 is 22.9 Å². The molecule has 0 unspecified atom stereocenters. The van der Waals surface area contributed by atoms with Gasteiger partial charge in [-0.2, -0.15) is 0 Å². The molecule has 0 saturated carbocycles. The van der Waals surface area contributed by atoms with E-state index in [2.05, 4.69) is 9.80 Å². The Balaban J connectivity index is 1.43. The van der Waals surface area contributed by atoms with Gasteiger partial charge in [0.2, 0.25) is 0 Å². The minimum absolute atomic E-state index is 0.807. The molecule has 2 bridgehead atoms. The molecule has 5 heteroatoms. The zero-order chi connectivity index (χ0) is 15.4. The lowest BCUT2D eigenvalue weighted by molar-refractivity contribution is 0.0186. The molecule has 1 aromatic heterocycles. The first-order valence-corrected chi connectivity index (χ1v) is 10.0. The third-order valence-corrected chi connectivity index (χ3v) is 7.19. The van der Waals surface area contributed by atoms with Crippen LogP contribution in [0.3, 0.4) is 0 Å². The van der Waals surface area contributed by atoms with Crippen LogP contribution in [0.15, 0.2) is 18.2 Å². The molecule has 3 nitrogen and oxygen atoms in total. The summed E-state index contributed by atoms with van der Waals surface area (Å²) in [6, 6.07) is 6.86. The molecule has 3 aliphatic rings. The van der Waals surface area contributed by atoms with Gasteiger partial charge < -0.3 is 4.90 Å². The fraction of sp³-hybridized carbons (Fsp3) is 0.611. The van der Waals surface area contributed by atoms with Crippen LogP contribution in [0.5, 0.6) is 0 Å². The number of hydrogen-bond donors (Lipinski definition) is 0. The van der Waals surface area contributed by atoms with Crippen LogP contribution in [0, 0.1) is 11.8 Å². The highest BCUT2D eigenvalue weighted by molar-refractivity contribution is 7.22. The second kappa shape index (κ2) is 5.61. The summed E-state index contributed by atoms with van der Waals surface area (Å²) in [6.07, 6.45) is 5.65. The van der Waals surface area contributed by atoms with E-state index in [1.54, 1.807) is 11.3 Å². The van der Waals surface area contributed by atoms with E-state index >= 15 is 0 Å². The highest BCUT2D eigenvalue weighted by atomic mass is 35.5. The molecular formula is C18H22ClN3S. The van der Waals surface area contributed by atoms with Crippen molar-refractivity contribution in [3.05, 3.63) is 23.2 Å². The molecule has 23 heavy (non-hydrogen) atoms. The Morgan fingerprint density at radius 2 is 2.13 bits per heavy atom. The first-order valence-electron chi connectivity index (χ1n) is 8.81. The molecule has 5 rings (SSSR count). The number of nitrogens with zero attached hydrogens (tertiary/aromatic N) is 3. The maximum atomic E-state index is 6.13. The fourth-order valence-electron chi connectivity index (χ4n) is 4.94. The summed E-state index contributed by atoms with van der Waals surface area (Å²) in [4.78, 5) is 10.2. The minimum Gasteiger partial charge on any atom is -0.347 e. The highest BCUT2D eigenvalue weighted by Crippen LogP contribution is 2.40. The highest BCUT2D eigenvalue weighted by Gasteiger charge is 2.42. The molecular weight excluding hydrogens is 326 g/mol. The molecule has 3 saturated heterocycles. The summed E-state index contributed by atoms with van der Waals surface area (Å²) < 4.78 is 1.21. The van der Waals surface area contributed by atoms with Gasteiger partial charge in [-0.3, -0.25) is 4.90 Å². The van der Waals surface area contributed by atoms with Gasteiger partial charge in [-0.25, -0.2) is 4.98 Å². The van der Waals surface area contributed by atoms with Crippen LogP contribution in [0.1, 0.15) is 25.7 Å². The zero-order valence-corrected chi connectivity index (χ0v) is 14.8. The first kappa shape index (κ1) is 14.5. The lowest BCUT2D eigenvalue weighted by Crippen LogP contribution is -2.59. The van der Waals surface area contributed by atoms with E-state index in [0.29, 0.717) is 0 Å². The van der Waals surface area contributed by atoms with E-state index in [0.717, 1.165) is 28.4 Å². The topological polar surface area (TPSA) is 19.4 Å². The number of piperidine rings is 3. The van der Waals surface area contributed by atoms with Crippen molar-refractivity contribution >= 4 is 38.3 Å². The Bertz CT molecular complexity index is 730. The van der Waals surface area contributed by atoms with Crippen LogP contribution in [0.25, 0.3) is 10.2 Å². The Kier molecular flexibility index (Phi) is 3.54. The predicted molar refractivity (Wildman–Crippen MR) is 97.7 cm³/mol. The van der Waals surface area contributed by atoms with Gasteiger partial charge in [-0.15, -0.1) is 0 Å². The van der Waals surface area contributed by atoms with Crippen LogP contribution in [-0.4, -0.2) is 42.1 Å². The van der Waals surface area contributed by atoms with E-state index in [1.165, 1.54) is 61.7 Å². The average Bonchev–Trinajstić information content (AvgIpc) is 2.98. The van der Waals surface area contributed by atoms with Crippen LogP contribution in [0.4, 0.5) is 5.13 Å².